The van der Waals surface area contributed by atoms with Crippen LogP contribution in [-0.4, -0.2) is 23.5 Å². The second-order valence-corrected chi connectivity index (χ2v) is 4.86. The average molecular weight is 298 g/mol. The van der Waals surface area contributed by atoms with Crippen LogP contribution in [-0.2, 0) is 11.2 Å². The summed E-state index contributed by atoms with van der Waals surface area (Å²) in [4.78, 5) is 23.1. The molecule has 2 amide bonds. The lowest BCUT2D eigenvalue weighted by Crippen LogP contribution is -2.26. The maximum Gasteiger partial charge on any atom is 0.255 e. The van der Waals surface area contributed by atoms with Crippen molar-refractivity contribution in [2.45, 2.75) is 13.3 Å². The molecule has 2 aromatic rings. The van der Waals surface area contributed by atoms with E-state index in [0.717, 1.165) is 11.3 Å². The van der Waals surface area contributed by atoms with Gasteiger partial charge in [-0.25, -0.2) is 0 Å². The van der Waals surface area contributed by atoms with E-state index in [0.29, 0.717) is 13.0 Å². The summed E-state index contributed by atoms with van der Waals surface area (Å²) in [5.74, 6) is -0.501. The molecule has 0 fully saturated rings. The first-order valence-electron chi connectivity index (χ1n) is 6.99. The van der Waals surface area contributed by atoms with Crippen molar-refractivity contribution in [1.29, 1.82) is 0 Å². The summed E-state index contributed by atoms with van der Waals surface area (Å²) >= 11 is 0. The van der Waals surface area contributed by atoms with Crippen LogP contribution in [0.25, 0.3) is 0 Å². The van der Waals surface area contributed by atoms with E-state index in [4.69, 9.17) is 0 Å². The van der Waals surface area contributed by atoms with Crippen LogP contribution in [0.2, 0.25) is 0 Å². The van der Waals surface area contributed by atoms with Gasteiger partial charge in [-0.05, 0) is 30.2 Å². The highest BCUT2D eigenvalue weighted by atomic mass is 16.3. The average Bonchev–Trinajstić information content (AvgIpc) is 2.49. The van der Waals surface area contributed by atoms with Gasteiger partial charge in [0.05, 0.1) is 5.56 Å². The molecule has 2 aromatic carbocycles. The first kappa shape index (κ1) is 15.6. The molecule has 0 atom stereocenters. The maximum absolute atomic E-state index is 12.0. The number of aromatic hydroxyl groups is 1. The van der Waals surface area contributed by atoms with Gasteiger partial charge in [0.15, 0.2) is 0 Å². The highest BCUT2D eigenvalue weighted by Gasteiger charge is 2.10. The third-order valence-corrected chi connectivity index (χ3v) is 3.16. The highest BCUT2D eigenvalue weighted by Crippen LogP contribution is 2.16. The molecule has 2 rings (SSSR count). The fourth-order valence-corrected chi connectivity index (χ4v) is 2.12. The Morgan fingerprint density at radius 2 is 1.73 bits per heavy atom. The van der Waals surface area contributed by atoms with Gasteiger partial charge < -0.3 is 15.7 Å². The SMILES string of the molecule is CC(=O)Nc1ccccc1CCNC(=O)c1ccccc1O. The topological polar surface area (TPSA) is 78.4 Å². The molecule has 0 saturated heterocycles. The number of benzene rings is 2. The van der Waals surface area contributed by atoms with E-state index >= 15 is 0 Å². The van der Waals surface area contributed by atoms with Gasteiger partial charge in [0.1, 0.15) is 5.75 Å². The van der Waals surface area contributed by atoms with Crippen LogP contribution in [0.4, 0.5) is 5.69 Å². The van der Waals surface area contributed by atoms with Crippen LogP contribution in [0, 0.1) is 0 Å². The first-order chi connectivity index (χ1) is 10.6. The maximum atomic E-state index is 12.0. The fourth-order valence-electron chi connectivity index (χ4n) is 2.12. The van der Waals surface area contributed by atoms with E-state index in [2.05, 4.69) is 10.6 Å². The number of rotatable bonds is 5. The second-order valence-electron chi connectivity index (χ2n) is 4.86. The molecule has 0 aliphatic carbocycles. The molecule has 114 valence electrons. The number of para-hydroxylation sites is 2. The number of phenols is 1. The quantitative estimate of drug-likeness (QED) is 0.792. The Kier molecular flexibility index (Phi) is 5.14. The van der Waals surface area contributed by atoms with E-state index in [1.54, 1.807) is 18.2 Å². The summed E-state index contributed by atoms with van der Waals surface area (Å²) in [5.41, 5.74) is 1.93. The normalized spacial score (nSPS) is 10.0. The Labute approximate surface area is 129 Å². The third-order valence-electron chi connectivity index (χ3n) is 3.16. The summed E-state index contributed by atoms with van der Waals surface area (Å²) in [6.45, 7) is 1.86. The Bertz CT molecular complexity index is 683. The van der Waals surface area contributed by atoms with Crippen molar-refractivity contribution in [2.24, 2.45) is 0 Å². The molecule has 5 nitrogen and oxygen atoms in total. The van der Waals surface area contributed by atoms with Crippen molar-refractivity contribution in [3.05, 3.63) is 59.7 Å². The van der Waals surface area contributed by atoms with Crippen LogP contribution in [0.3, 0.4) is 0 Å². The van der Waals surface area contributed by atoms with E-state index in [1.165, 1.54) is 13.0 Å². The number of amides is 2. The Hall–Kier alpha value is -2.82. The van der Waals surface area contributed by atoms with Crippen molar-refractivity contribution in [1.82, 2.24) is 5.32 Å². The number of anilines is 1. The number of hydrogen-bond donors (Lipinski definition) is 3. The number of carbonyl (C=O) groups excluding carboxylic acids is 2. The third kappa shape index (κ3) is 4.09. The predicted octanol–water partition coefficient (Wildman–Crippen LogP) is 2.32. The lowest BCUT2D eigenvalue weighted by atomic mass is 10.1. The number of phenolic OH excluding ortho intramolecular Hbond substituents is 1. The molecule has 0 spiro atoms. The molecule has 0 bridgehead atoms. The van der Waals surface area contributed by atoms with Gasteiger partial charge in [0.25, 0.3) is 5.91 Å². The lowest BCUT2D eigenvalue weighted by Gasteiger charge is -2.11. The van der Waals surface area contributed by atoms with Gasteiger partial charge in [-0.2, -0.15) is 0 Å². The molecule has 0 unspecified atom stereocenters. The minimum Gasteiger partial charge on any atom is -0.507 e. The molecule has 0 radical (unpaired) electrons. The Balaban J connectivity index is 1.96. The van der Waals surface area contributed by atoms with Gasteiger partial charge >= 0.3 is 0 Å². The molecule has 0 heterocycles. The zero-order chi connectivity index (χ0) is 15.9. The first-order valence-corrected chi connectivity index (χ1v) is 6.99. The number of nitrogens with one attached hydrogen (secondary N) is 2. The number of hydrogen-bond acceptors (Lipinski definition) is 3. The molecule has 5 heteroatoms. The molecule has 0 aliphatic rings. The zero-order valence-electron chi connectivity index (χ0n) is 12.3. The van der Waals surface area contributed by atoms with Gasteiger partial charge in [0, 0.05) is 19.2 Å². The molecule has 0 saturated carbocycles. The molecule has 0 aliphatic heterocycles. The van der Waals surface area contributed by atoms with Gasteiger partial charge in [-0.15, -0.1) is 0 Å². The van der Waals surface area contributed by atoms with Crippen molar-refractivity contribution in [3.8, 4) is 5.75 Å². The van der Waals surface area contributed by atoms with E-state index in [-0.39, 0.29) is 23.1 Å². The van der Waals surface area contributed by atoms with Crippen molar-refractivity contribution in [2.75, 3.05) is 11.9 Å². The highest BCUT2D eigenvalue weighted by molar-refractivity contribution is 5.96. The van der Waals surface area contributed by atoms with E-state index in [9.17, 15) is 14.7 Å². The summed E-state index contributed by atoms with van der Waals surface area (Å²) in [7, 11) is 0. The van der Waals surface area contributed by atoms with Crippen LogP contribution in [0.15, 0.2) is 48.5 Å². The van der Waals surface area contributed by atoms with Crippen molar-refractivity contribution in [3.63, 3.8) is 0 Å². The summed E-state index contributed by atoms with van der Waals surface area (Å²) in [6.07, 6.45) is 0.579. The minimum atomic E-state index is -0.324. The fraction of sp³-hybridized carbons (Fsp3) is 0.176. The zero-order valence-corrected chi connectivity index (χ0v) is 12.3. The molecule has 0 aromatic heterocycles. The smallest absolute Gasteiger partial charge is 0.255 e. The van der Waals surface area contributed by atoms with Crippen LogP contribution < -0.4 is 10.6 Å². The monoisotopic (exact) mass is 298 g/mol. The molecule has 22 heavy (non-hydrogen) atoms. The largest absolute Gasteiger partial charge is 0.507 e. The molecule has 3 N–H and O–H groups in total. The standard InChI is InChI=1S/C17H18N2O3/c1-12(20)19-15-8-4-2-6-13(15)10-11-18-17(22)14-7-3-5-9-16(14)21/h2-9,21H,10-11H2,1H3,(H,18,22)(H,19,20). The van der Waals surface area contributed by atoms with E-state index < -0.39 is 0 Å². The summed E-state index contributed by atoms with van der Waals surface area (Å²) in [6, 6.07) is 13.8. The molecular weight excluding hydrogens is 280 g/mol. The van der Waals surface area contributed by atoms with Crippen LogP contribution in [0.1, 0.15) is 22.8 Å². The number of carbonyl (C=O) groups is 2. The summed E-state index contributed by atoms with van der Waals surface area (Å²) < 4.78 is 0. The Morgan fingerprint density at radius 3 is 2.45 bits per heavy atom. The lowest BCUT2D eigenvalue weighted by molar-refractivity contribution is -0.114. The van der Waals surface area contributed by atoms with Crippen molar-refractivity contribution >= 4 is 17.5 Å². The Morgan fingerprint density at radius 1 is 1.05 bits per heavy atom. The summed E-state index contributed by atoms with van der Waals surface area (Å²) in [5, 5.41) is 15.2. The molecular formula is C17H18N2O3. The van der Waals surface area contributed by atoms with Gasteiger partial charge in [0.2, 0.25) is 5.91 Å². The van der Waals surface area contributed by atoms with Gasteiger partial charge in [-0.3, -0.25) is 9.59 Å². The minimum absolute atomic E-state index is 0.0429. The van der Waals surface area contributed by atoms with Crippen LogP contribution in [0.5, 0.6) is 5.75 Å². The van der Waals surface area contributed by atoms with Gasteiger partial charge in [-0.1, -0.05) is 30.3 Å². The predicted molar refractivity (Wildman–Crippen MR) is 84.9 cm³/mol. The van der Waals surface area contributed by atoms with Crippen molar-refractivity contribution < 1.29 is 14.7 Å². The van der Waals surface area contributed by atoms with E-state index in [1.807, 2.05) is 24.3 Å². The van der Waals surface area contributed by atoms with Crippen LogP contribution >= 0.6 is 0 Å². The second kappa shape index (κ2) is 7.26.